The number of anilines is 1. The number of carbonyl (C=O) groups excluding carboxylic acids is 1. The van der Waals surface area contributed by atoms with Gasteiger partial charge in [0.1, 0.15) is 0 Å². The van der Waals surface area contributed by atoms with Gasteiger partial charge >= 0.3 is 0 Å². The lowest BCUT2D eigenvalue weighted by Gasteiger charge is -2.07. The first-order valence-corrected chi connectivity index (χ1v) is 4.23. The first kappa shape index (κ1) is 10.7. The molecule has 14 heavy (non-hydrogen) atoms. The summed E-state index contributed by atoms with van der Waals surface area (Å²) in [5, 5.41) is 2.43. The first-order chi connectivity index (χ1) is 6.74. The molecule has 0 radical (unpaired) electrons. The lowest BCUT2D eigenvalue weighted by atomic mass is 10.3. The Morgan fingerprint density at radius 2 is 2.14 bits per heavy atom. The number of alkyl halides is 1. The molecule has 0 bridgehead atoms. The van der Waals surface area contributed by atoms with E-state index in [1.54, 1.807) is 24.3 Å². The minimum absolute atomic E-state index is 0.224. The van der Waals surface area contributed by atoms with Gasteiger partial charge in [-0.05, 0) is 12.1 Å². The molecule has 1 amide bonds. The fourth-order valence-electron chi connectivity index (χ4n) is 0.964. The van der Waals surface area contributed by atoms with E-state index in [4.69, 9.17) is 0 Å². The van der Waals surface area contributed by atoms with Gasteiger partial charge in [-0.2, -0.15) is 0 Å². The molecule has 1 aromatic carbocycles. The molecular weight excluding hydrogens is 185 g/mol. The molecule has 1 aromatic rings. The molecule has 4 heteroatoms. The van der Waals surface area contributed by atoms with E-state index in [1.807, 2.05) is 6.07 Å². The Balaban J connectivity index is 2.49. The molecule has 76 valence electrons. The maximum absolute atomic E-state index is 12.9. The van der Waals surface area contributed by atoms with Gasteiger partial charge in [0, 0.05) is 12.8 Å². The van der Waals surface area contributed by atoms with Crippen LogP contribution in [0, 0.1) is 0 Å². The van der Waals surface area contributed by atoms with Crippen LogP contribution in [-0.2, 0) is 9.53 Å². The van der Waals surface area contributed by atoms with Crippen LogP contribution >= 0.6 is 0 Å². The quantitative estimate of drug-likeness (QED) is 0.796. The Bertz CT molecular complexity index is 289. The summed E-state index contributed by atoms with van der Waals surface area (Å²) in [6, 6.07) is 8.73. The average molecular weight is 197 g/mol. The van der Waals surface area contributed by atoms with Gasteiger partial charge in [-0.3, -0.25) is 4.79 Å². The Morgan fingerprint density at radius 1 is 1.50 bits per heavy atom. The largest absolute Gasteiger partial charge is 0.381 e. The molecule has 1 N–H and O–H groups in total. The summed E-state index contributed by atoms with van der Waals surface area (Å²) in [6.45, 7) is -0.224. The van der Waals surface area contributed by atoms with Crippen LogP contribution in [0.1, 0.15) is 0 Å². The third kappa shape index (κ3) is 3.14. The van der Waals surface area contributed by atoms with Crippen molar-refractivity contribution in [3.63, 3.8) is 0 Å². The molecule has 0 aliphatic heterocycles. The van der Waals surface area contributed by atoms with Gasteiger partial charge in [-0.15, -0.1) is 0 Å². The Kier molecular flexibility index (Phi) is 4.07. The van der Waals surface area contributed by atoms with E-state index in [2.05, 4.69) is 10.1 Å². The number of carbonyl (C=O) groups is 1. The monoisotopic (exact) mass is 197 g/mol. The highest BCUT2D eigenvalue weighted by Crippen LogP contribution is 2.06. The number of amides is 1. The van der Waals surface area contributed by atoms with Crippen molar-refractivity contribution in [3.8, 4) is 0 Å². The zero-order valence-electron chi connectivity index (χ0n) is 7.87. The molecule has 3 nitrogen and oxygen atoms in total. The topological polar surface area (TPSA) is 38.3 Å². The van der Waals surface area contributed by atoms with Crippen LogP contribution in [0.2, 0.25) is 0 Å². The van der Waals surface area contributed by atoms with Crippen molar-refractivity contribution in [2.45, 2.75) is 6.17 Å². The zero-order chi connectivity index (χ0) is 10.4. The Hall–Kier alpha value is -1.42. The van der Waals surface area contributed by atoms with Crippen molar-refractivity contribution >= 4 is 11.6 Å². The predicted molar refractivity (Wildman–Crippen MR) is 51.8 cm³/mol. The smallest absolute Gasteiger partial charge is 0.261 e. The number of ether oxygens (including phenoxy) is 1. The fourth-order valence-corrected chi connectivity index (χ4v) is 0.964. The lowest BCUT2D eigenvalue weighted by Crippen LogP contribution is -2.27. The van der Waals surface area contributed by atoms with Crippen molar-refractivity contribution in [1.82, 2.24) is 0 Å². The summed E-state index contributed by atoms with van der Waals surface area (Å²) >= 11 is 0. The van der Waals surface area contributed by atoms with Crippen LogP contribution in [-0.4, -0.2) is 25.8 Å². The lowest BCUT2D eigenvalue weighted by molar-refractivity contribution is -0.122. The molecule has 0 spiro atoms. The van der Waals surface area contributed by atoms with Crippen LogP contribution in [0.4, 0.5) is 10.1 Å². The van der Waals surface area contributed by atoms with E-state index >= 15 is 0 Å². The highest BCUT2D eigenvalue weighted by atomic mass is 19.1. The molecule has 0 aromatic heterocycles. The highest BCUT2D eigenvalue weighted by Gasteiger charge is 2.16. The SMILES string of the molecule is COCC(F)C(=O)Nc1ccccc1. The number of halogens is 1. The van der Waals surface area contributed by atoms with Gasteiger partial charge in [-0.25, -0.2) is 4.39 Å². The number of benzene rings is 1. The number of hydrogen-bond acceptors (Lipinski definition) is 2. The van der Waals surface area contributed by atoms with E-state index in [-0.39, 0.29) is 6.61 Å². The molecule has 0 aliphatic rings. The van der Waals surface area contributed by atoms with Gasteiger partial charge in [0.15, 0.2) is 0 Å². The third-order valence-electron chi connectivity index (χ3n) is 1.64. The number of methoxy groups -OCH3 is 1. The second-order valence-corrected chi connectivity index (χ2v) is 2.78. The van der Waals surface area contributed by atoms with Crippen molar-refractivity contribution in [3.05, 3.63) is 30.3 Å². The first-order valence-electron chi connectivity index (χ1n) is 4.23. The van der Waals surface area contributed by atoms with E-state index < -0.39 is 12.1 Å². The Labute approximate surface area is 81.9 Å². The molecule has 0 aliphatic carbocycles. The summed E-state index contributed by atoms with van der Waals surface area (Å²) in [6.07, 6.45) is -1.62. The van der Waals surface area contributed by atoms with E-state index in [9.17, 15) is 9.18 Å². The molecule has 1 rings (SSSR count). The molecule has 0 saturated heterocycles. The van der Waals surface area contributed by atoms with E-state index in [0.29, 0.717) is 5.69 Å². The molecule has 0 heterocycles. The molecule has 0 saturated carbocycles. The van der Waals surface area contributed by atoms with Crippen LogP contribution in [0.3, 0.4) is 0 Å². The van der Waals surface area contributed by atoms with Crippen LogP contribution in [0.5, 0.6) is 0 Å². The van der Waals surface area contributed by atoms with Crippen molar-refractivity contribution in [1.29, 1.82) is 0 Å². The van der Waals surface area contributed by atoms with Gasteiger partial charge in [-0.1, -0.05) is 18.2 Å². The summed E-state index contributed by atoms with van der Waals surface area (Å²) in [5.41, 5.74) is 0.580. The van der Waals surface area contributed by atoms with Gasteiger partial charge in [0.05, 0.1) is 6.61 Å². The summed E-state index contributed by atoms with van der Waals surface area (Å²) in [7, 11) is 1.35. The summed E-state index contributed by atoms with van der Waals surface area (Å²) in [4.78, 5) is 11.1. The number of nitrogens with one attached hydrogen (secondary N) is 1. The molecular formula is C10H12FNO2. The Morgan fingerprint density at radius 3 is 2.71 bits per heavy atom. The van der Waals surface area contributed by atoms with Gasteiger partial charge in [0.25, 0.3) is 5.91 Å². The second kappa shape index (κ2) is 5.34. The highest BCUT2D eigenvalue weighted by molar-refractivity contribution is 5.94. The van der Waals surface area contributed by atoms with Gasteiger partial charge in [0.2, 0.25) is 6.17 Å². The van der Waals surface area contributed by atoms with Crippen LogP contribution in [0.25, 0.3) is 0 Å². The van der Waals surface area contributed by atoms with E-state index in [1.165, 1.54) is 7.11 Å². The fraction of sp³-hybridized carbons (Fsp3) is 0.300. The molecule has 0 fully saturated rings. The van der Waals surface area contributed by atoms with Crippen molar-refractivity contribution in [2.24, 2.45) is 0 Å². The van der Waals surface area contributed by atoms with Crippen molar-refractivity contribution < 1.29 is 13.9 Å². The minimum Gasteiger partial charge on any atom is -0.381 e. The summed E-state index contributed by atoms with van der Waals surface area (Å²) < 4.78 is 17.5. The minimum atomic E-state index is -1.62. The predicted octanol–water partition coefficient (Wildman–Crippen LogP) is 1.61. The van der Waals surface area contributed by atoms with Gasteiger partial charge < -0.3 is 10.1 Å². The number of para-hydroxylation sites is 1. The molecule has 1 atom stereocenters. The van der Waals surface area contributed by atoms with Crippen LogP contribution < -0.4 is 5.32 Å². The normalized spacial score (nSPS) is 12.1. The average Bonchev–Trinajstić information content (AvgIpc) is 2.19. The van der Waals surface area contributed by atoms with E-state index in [0.717, 1.165) is 0 Å². The maximum atomic E-state index is 12.9. The van der Waals surface area contributed by atoms with Crippen molar-refractivity contribution in [2.75, 3.05) is 19.0 Å². The standard InChI is InChI=1S/C10H12FNO2/c1-14-7-9(11)10(13)12-8-5-3-2-4-6-8/h2-6,9H,7H2,1H3,(H,12,13). The number of rotatable bonds is 4. The molecule has 1 unspecified atom stereocenters. The summed E-state index contributed by atoms with van der Waals surface area (Å²) in [5.74, 6) is -0.682. The maximum Gasteiger partial charge on any atom is 0.261 e. The zero-order valence-corrected chi connectivity index (χ0v) is 7.87. The number of hydrogen-bond donors (Lipinski definition) is 1. The third-order valence-corrected chi connectivity index (χ3v) is 1.64. The van der Waals surface area contributed by atoms with Crippen LogP contribution in [0.15, 0.2) is 30.3 Å². The second-order valence-electron chi connectivity index (χ2n) is 2.78.